The number of benzene rings is 1. The maximum Gasteiger partial charge on any atom is 0.226 e. The fourth-order valence-corrected chi connectivity index (χ4v) is 2.32. The Bertz CT molecular complexity index is 494. The molecule has 0 aliphatic carbocycles. The number of anilines is 1. The van der Waals surface area contributed by atoms with Gasteiger partial charge in [-0.2, -0.15) is 0 Å². The Morgan fingerprint density at radius 2 is 1.78 bits per heavy atom. The molecule has 0 bridgehead atoms. The molecule has 6 heteroatoms. The number of carbonyl (C=O) groups is 2. The fourth-order valence-electron chi connectivity index (χ4n) is 2.32. The lowest BCUT2D eigenvalue weighted by atomic mass is 10.1. The lowest BCUT2D eigenvalue weighted by Gasteiger charge is -2.23. The number of halogens is 1. The molecule has 0 unspecified atom stereocenters. The second-order valence-corrected chi connectivity index (χ2v) is 5.55. The second-order valence-electron chi connectivity index (χ2n) is 5.55. The number of nitrogens with two attached hydrogens (primary N) is 2. The molecule has 4 N–H and O–H groups in total. The summed E-state index contributed by atoms with van der Waals surface area (Å²) in [6, 6.07) is 7.73. The van der Waals surface area contributed by atoms with Gasteiger partial charge in [-0.1, -0.05) is 25.0 Å². The van der Waals surface area contributed by atoms with Crippen LogP contribution in [0.2, 0.25) is 0 Å². The van der Waals surface area contributed by atoms with Crippen molar-refractivity contribution in [3.63, 3.8) is 0 Å². The van der Waals surface area contributed by atoms with E-state index in [1.807, 2.05) is 31.2 Å². The van der Waals surface area contributed by atoms with E-state index in [2.05, 4.69) is 0 Å². The molecule has 0 heterocycles. The standard InChI is InChI=1S/C17H27N3O2.ClH/c1-14-7-6-8-15(13-14)20(12-10-16(19)21)17(22)9-4-2-3-5-11-18;/h6-8,13H,2-5,9-12,18H2,1H3,(H2,19,21);1H. The van der Waals surface area contributed by atoms with Gasteiger partial charge in [0.15, 0.2) is 0 Å². The van der Waals surface area contributed by atoms with E-state index in [9.17, 15) is 9.59 Å². The molecular formula is C17H28ClN3O2. The van der Waals surface area contributed by atoms with Gasteiger partial charge in [0.1, 0.15) is 0 Å². The first-order chi connectivity index (χ1) is 10.5. The van der Waals surface area contributed by atoms with Crippen molar-refractivity contribution < 1.29 is 9.59 Å². The molecule has 0 fully saturated rings. The zero-order valence-electron chi connectivity index (χ0n) is 13.8. The van der Waals surface area contributed by atoms with Crippen molar-refractivity contribution in [3.8, 4) is 0 Å². The monoisotopic (exact) mass is 341 g/mol. The van der Waals surface area contributed by atoms with Gasteiger partial charge >= 0.3 is 0 Å². The van der Waals surface area contributed by atoms with Crippen molar-refractivity contribution in [2.24, 2.45) is 11.5 Å². The lowest BCUT2D eigenvalue weighted by Crippen LogP contribution is -2.34. The topological polar surface area (TPSA) is 89.4 Å². The third kappa shape index (κ3) is 8.57. The van der Waals surface area contributed by atoms with Gasteiger partial charge in [-0.15, -0.1) is 12.4 Å². The van der Waals surface area contributed by atoms with Gasteiger partial charge in [-0.05, 0) is 44.0 Å². The summed E-state index contributed by atoms with van der Waals surface area (Å²) in [6.07, 6.45) is 4.55. The van der Waals surface area contributed by atoms with Crippen molar-refractivity contribution >= 4 is 29.9 Å². The Balaban J connectivity index is 0.00000484. The molecule has 1 aromatic rings. The molecule has 0 aliphatic rings. The van der Waals surface area contributed by atoms with Crippen LogP contribution in [0, 0.1) is 6.92 Å². The third-order valence-electron chi connectivity index (χ3n) is 3.54. The summed E-state index contributed by atoms with van der Waals surface area (Å²) in [6.45, 7) is 3.01. The molecule has 0 aromatic heterocycles. The maximum atomic E-state index is 12.4. The van der Waals surface area contributed by atoms with Crippen LogP contribution in [0.15, 0.2) is 24.3 Å². The highest BCUT2D eigenvalue weighted by atomic mass is 35.5. The zero-order chi connectivity index (χ0) is 16.4. The number of primary amides is 1. The van der Waals surface area contributed by atoms with Crippen LogP contribution in [-0.4, -0.2) is 24.9 Å². The average Bonchev–Trinajstić information content (AvgIpc) is 2.47. The number of unbranched alkanes of at least 4 members (excludes halogenated alkanes) is 3. The summed E-state index contributed by atoms with van der Waals surface area (Å²) in [7, 11) is 0. The van der Waals surface area contributed by atoms with Crippen LogP contribution in [0.5, 0.6) is 0 Å². The Morgan fingerprint density at radius 3 is 2.39 bits per heavy atom. The number of hydrogen-bond acceptors (Lipinski definition) is 3. The van der Waals surface area contributed by atoms with Crippen LogP contribution in [0.1, 0.15) is 44.1 Å². The molecule has 23 heavy (non-hydrogen) atoms. The molecule has 0 saturated carbocycles. The van der Waals surface area contributed by atoms with Crippen LogP contribution >= 0.6 is 12.4 Å². The van der Waals surface area contributed by atoms with Gasteiger partial charge in [-0.3, -0.25) is 9.59 Å². The highest BCUT2D eigenvalue weighted by Crippen LogP contribution is 2.18. The van der Waals surface area contributed by atoms with Crippen molar-refractivity contribution in [2.45, 2.75) is 45.4 Å². The molecule has 1 aromatic carbocycles. The van der Waals surface area contributed by atoms with E-state index in [-0.39, 0.29) is 24.7 Å². The van der Waals surface area contributed by atoms with Crippen molar-refractivity contribution in [3.05, 3.63) is 29.8 Å². The number of rotatable bonds is 10. The number of hydrogen-bond donors (Lipinski definition) is 2. The Morgan fingerprint density at radius 1 is 1.09 bits per heavy atom. The molecular weight excluding hydrogens is 314 g/mol. The van der Waals surface area contributed by atoms with Gasteiger partial charge in [0, 0.05) is 25.1 Å². The van der Waals surface area contributed by atoms with Crippen molar-refractivity contribution in [2.75, 3.05) is 18.0 Å². The second kappa shape index (κ2) is 11.9. The smallest absolute Gasteiger partial charge is 0.226 e. The average molecular weight is 342 g/mol. The summed E-state index contributed by atoms with van der Waals surface area (Å²) in [5.74, 6) is -0.354. The number of aryl methyl sites for hydroxylation is 1. The molecule has 0 aliphatic heterocycles. The number of nitrogens with zero attached hydrogens (tertiary/aromatic N) is 1. The van der Waals surface area contributed by atoms with E-state index in [1.165, 1.54) is 0 Å². The molecule has 130 valence electrons. The van der Waals surface area contributed by atoms with E-state index < -0.39 is 5.91 Å². The van der Waals surface area contributed by atoms with Crippen molar-refractivity contribution in [1.82, 2.24) is 0 Å². The molecule has 0 radical (unpaired) electrons. The summed E-state index contributed by atoms with van der Waals surface area (Å²) in [5.41, 5.74) is 12.6. The molecule has 0 spiro atoms. The summed E-state index contributed by atoms with van der Waals surface area (Å²) >= 11 is 0. The predicted molar refractivity (Wildman–Crippen MR) is 96.7 cm³/mol. The third-order valence-corrected chi connectivity index (χ3v) is 3.54. The summed E-state index contributed by atoms with van der Waals surface area (Å²) in [5, 5.41) is 0. The van der Waals surface area contributed by atoms with Gasteiger partial charge < -0.3 is 16.4 Å². The van der Waals surface area contributed by atoms with E-state index >= 15 is 0 Å². The molecule has 0 atom stereocenters. The first kappa shape index (κ1) is 21.4. The lowest BCUT2D eigenvalue weighted by molar-refractivity contribution is -0.119. The first-order valence-corrected chi connectivity index (χ1v) is 7.90. The maximum absolute atomic E-state index is 12.4. The van der Waals surface area contributed by atoms with Crippen LogP contribution in [0.3, 0.4) is 0 Å². The van der Waals surface area contributed by atoms with Crippen LogP contribution in [0.4, 0.5) is 5.69 Å². The number of amides is 2. The summed E-state index contributed by atoms with van der Waals surface area (Å²) in [4.78, 5) is 25.1. The molecule has 2 amide bonds. The van der Waals surface area contributed by atoms with Gasteiger partial charge in [0.05, 0.1) is 0 Å². The molecule has 5 nitrogen and oxygen atoms in total. The van der Waals surface area contributed by atoms with E-state index in [0.29, 0.717) is 19.5 Å². The van der Waals surface area contributed by atoms with Gasteiger partial charge in [-0.25, -0.2) is 0 Å². The minimum Gasteiger partial charge on any atom is -0.370 e. The Labute approximate surface area is 144 Å². The minimum atomic E-state index is -0.395. The highest BCUT2D eigenvalue weighted by Gasteiger charge is 2.16. The number of carbonyl (C=O) groups excluding carboxylic acids is 2. The van der Waals surface area contributed by atoms with Crippen molar-refractivity contribution in [1.29, 1.82) is 0 Å². The van der Waals surface area contributed by atoms with Crippen LogP contribution in [-0.2, 0) is 9.59 Å². The zero-order valence-corrected chi connectivity index (χ0v) is 14.6. The Hall–Kier alpha value is -1.59. The fraction of sp³-hybridized carbons (Fsp3) is 0.529. The normalized spacial score (nSPS) is 10.0. The Kier molecular flexibility index (Phi) is 11.1. The van der Waals surface area contributed by atoms with E-state index in [0.717, 1.165) is 36.9 Å². The first-order valence-electron chi connectivity index (χ1n) is 7.90. The molecule has 0 saturated heterocycles. The van der Waals surface area contributed by atoms with E-state index in [4.69, 9.17) is 11.5 Å². The van der Waals surface area contributed by atoms with Gasteiger partial charge in [0.2, 0.25) is 11.8 Å². The van der Waals surface area contributed by atoms with Gasteiger partial charge in [0.25, 0.3) is 0 Å². The quantitative estimate of drug-likeness (QED) is 0.641. The van der Waals surface area contributed by atoms with Crippen LogP contribution in [0.25, 0.3) is 0 Å². The minimum absolute atomic E-state index is 0. The SMILES string of the molecule is Cc1cccc(N(CCC(N)=O)C(=O)CCCCCCN)c1.Cl. The van der Waals surface area contributed by atoms with Crippen LogP contribution < -0.4 is 16.4 Å². The summed E-state index contributed by atoms with van der Waals surface area (Å²) < 4.78 is 0. The molecule has 1 rings (SSSR count). The largest absolute Gasteiger partial charge is 0.370 e. The highest BCUT2D eigenvalue weighted by molar-refractivity contribution is 5.94. The van der Waals surface area contributed by atoms with E-state index in [1.54, 1.807) is 4.90 Å². The predicted octanol–water partition coefficient (Wildman–Crippen LogP) is 2.53.